The predicted octanol–water partition coefficient (Wildman–Crippen LogP) is 0.699. The highest BCUT2D eigenvalue weighted by Gasteiger charge is 2.30. The van der Waals surface area contributed by atoms with E-state index in [2.05, 4.69) is 10.3 Å². The molecule has 1 aromatic heterocycles. The highest BCUT2D eigenvalue weighted by atomic mass is 16.4. The van der Waals surface area contributed by atoms with Crippen LogP contribution in [0.2, 0.25) is 0 Å². The van der Waals surface area contributed by atoms with Gasteiger partial charge < -0.3 is 15.4 Å². The first kappa shape index (κ1) is 14.4. The lowest BCUT2D eigenvalue weighted by molar-refractivity contribution is -0.142. The van der Waals surface area contributed by atoms with Crippen LogP contribution in [0.25, 0.3) is 11.0 Å². The van der Waals surface area contributed by atoms with E-state index in [-0.39, 0.29) is 12.2 Å². The molecule has 7 heteroatoms. The Morgan fingerprint density at radius 3 is 2.77 bits per heavy atom. The number of imidazole rings is 1. The van der Waals surface area contributed by atoms with Gasteiger partial charge in [0.1, 0.15) is 12.6 Å². The maximum atomic E-state index is 12.1. The van der Waals surface area contributed by atoms with E-state index in [0.717, 1.165) is 12.8 Å². The van der Waals surface area contributed by atoms with E-state index in [1.807, 2.05) is 0 Å². The minimum absolute atomic E-state index is 0.197. The van der Waals surface area contributed by atoms with E-state index in [1.54, 1.807) is 24.3 Å². The average Bonchev–Trinajstić information content (AvgIpc) is 3.23. The van der Waals surface area contributed by atoms with Crippen LogP contribution < -0.4 is 11.0 Å². The number of nitrogens with zero attached hydrogens (tertiary/aromatic N) is 1. The van der Waals surface area contributed by atoms with Crippen molar-refractivity contribution in [3.63, 3.8) is 0 Å². The van der Waals surface area contributed by atoms with Crippen LogP contribution in [-0.2, 0) is 16.1 Å². The fourth-order valence-corrected chi connectivity index (χ4v) is 2.56. The molecule has 1 aliphatic rings. The number of rotatable bonds is 6. The molecule has 2 aromatic rings. The van der Waals surface area contributed by atoms with Crippen molar-refractivity contribution < 1.29 is 14.7 Å². The molecular weight excluding hydrogens is 286 g/mol. The fourth-order valence-electron chi connectivity index (χ4n) is 2.56. The van der Waals surface area contributed by atoms with Gasteiger partial charge in [-0.1, -0.05) is 25.0 Å². The molecule has 0 saturated heterocycles. The quantitative estimate of drug-likeness (QED) is 0.730. The number of carboxylic acid groups (broad SMARTS) is 1. The van der Waals surface area contributed by atoms with Gasteiger partial charge >= 0.3 is 11.7 Å². The van der Waals surface area contributed by atoms with Crippen molar-refractivity contribution in [3.8, 4) is 0 Å². The molecule has 1 unspecified atom stereocenters. The van der Waals surface area contributed by atoms with E-state index in [0.29, 0.717) is 23.4 Å². The molecular formula is C15H17N3O4. The van der Waals surface area contributed by atoms with Gasteiger partial charge in [-0.3, -0.25) is 9.36 Å². The summed E-state index contributed by atoms with van der Waals surface area (Å²) in [7, 11) is 0. The number of para-hydroxylation sites is 2. The minimum Gasteiger partial charge on any atom is -0.480 e. The standard InChI is InChI=1S/C15H17N3O4/c19-13(16-11(14(20)21)7-9-5-6-9)8-18-12-4-2-1-3-10(12)17-15(18)22/h1-4,9,11H,5-8H2,(H,16,19)(H,17,22)(H,20,21). The molecule has 1 atom stereocenters. The summed E-state index contributed by atoms with van der Waals surface area (Å²) in [4.78, 5) is 37.8. The van der Waals surface area contributed by atoms with Crippen LogP contribution >= 0.6 is 0 Å². The molecule has 3 rings (SSSR count). The molecule has 0 radical (unpaired) electrons. The Balaban J connectivity index is 1.73. The minimum atomic E-state index is -1.04. The Hall–Kier alpha value is -2.57. The van der Waals surface area contributed by atoms with Gasteiger partial charge in [0.15, 0.2) is 0 Å². The molecule has 3 N–H and O–H groups in total. The molecule has 22 heavy (non-hydrogen) atoms. The number of hydrogen-bond acceptors (Lipinski definition) is 3. The van der Waals surface area contributed by atoms with Crippen LogP contribution in [0.5, 0.6) is 0 Å². The lowest BCUT2D eigenvalue weighted by Gasteiger charge is -2.14. The summed E-state index contributed by atoms with van der Waals surface area (Å²) in [5, 5.41) is 11.7. The van der Waals surface area contributed by atoms with Crippen molar-refractivity contribution in [1.82, 2.24) is 14.9 Å². The first-order valence-corrected chi connectivity index (χ1v) is 7.24. The maximum absolute atomic E-state index is 12.1. The van der Waals surface area contributed by atoms with Crippen LogP contribution in [0.4, 0.5) is 0 Å². The third kappa shape index (κ3) is 3.03. The van der Waals surface area contributed by atoms with Gasteiger partial charge in [0.25, 0.3) is 0 Å². The first-order valence-electron chi connectivity index (χ1n) is 7.24. The Kier molecular flexibility index (Phi) is 3.70. The first-order chi connectivity index (χ1) is 10.5. The highest BCUT2D eigenvalue weighted by molar-refractivity contribution is 5.84. The second kappa shape index (κ2) is 5.67. The predicted molar refractivity (Wildman–Crippen MR) is 79.5 cm³/mol. The number of benzene rings is 1. The zero-order chi connectivity index (χ0) is 15.7. The van der Waals surface area contributed by atoms with Crippen molar-refractivity contribution >= 4 is 22.9 Å². The van der Waals surface area contributed by atoms with E-state index in [1.165, 1.54) is 4.57 Å². The van der Waals surface area contributed by atoms with E-state index in [9.17, 15) is 14.4 Å². The van der Waals surface area contributed by atoms with Crippen LogP contribution in [0.15, 0.2) is 29.1 Å². The number of H-pyrrole nitrogens is 1. The molecule has 1 aliphatic carbocycles. The van der Waals surface area contributed by atoms with Gasteiger partial charge in [-0.05, 0) is 24.5 Å². The molecule has 1 saturated carbocycles. The number of aliphatic carboxylic acids is 1. The van der Waals surface area contributed by atoms with Gasteiger partial charge in [-0.15, -0.1) is 0 Å². The molecule has 7 nitrogen and oxygen atoms in total. The van der Waals surface area contributed by atoms with Gasteiger partial charge in [0.2, 0.25) is 5.91 Å². The molecule has 116 valence electrons. The number of carbonyl (C=O) groups excluding carboxylic acids is 1. The maximum Gasteiger partial charge on any atom is 0.326 e. The second-order valence-electron chi connectivity index (χ2n) is 5.67. The van der Waals surface area contributed by atoms with Gasteiger partial charge in [0.05, 0.1) is 11.0 Å². The van der Waals surface area contributed by atoms with E-state index < -0.39 is 17.9 Å². The lowest BCUT2D eigenvalue weighted by Crippen LogP contribution is -2.43. The molecule has 1 fully saturated rings. The van der Waals surface area contributed by atoms with Crippen molar-refractivity contribution in [2.75, 3.05) is 0 Å². The SMILES string of the molecule is O=C(Cn1c(=O)[nH]c2ccccc21)NC(CC1CC1)C(=O)O. The van der Waals surface area contributed by atoms with Gasteiger partial charge in [-0.2, -0.15) is 0 Å². The molecule has 0 aliphatic heterocycles. The van der Waals surface area contributed by atoms with Crippen LogP contribution in [-0.4, -0.2) is 32.6 Å². The Morgan fingerprint density at radius 1 is 1.36 bits per heavy atom. The lowest BCUT2D eigenvalue weighted by atomic mass is 10.1. The van der Waals surface area contributed by atoms with E-state index in [4.69, 9.17) is 5.11 Å². The summed E-state index contributed by atoms with van der Waals surface area (Å²) in [6, 6.07) is 6.16. The molecule has 1 amide bonds. The summed E-state index contributed by atoms with van der Waals surface area (Å²) in [6.07, 6.45) is 2.48. The topological polar surface area (TPSA) is 104 Å². The summed E-state index contributed by atoms with van der Waals surface area (Å²) in [5.74, 6) is -1.12. The second-order valence-corrected chi connectivity index (χ2v) is 5.67. The average molecular weight is 303 g/mol. The van der Waals surface area contributed by atoms with Gasteiger partial charge in [0, 0.05) is 0 Å². The summed E-state index contributed by atoms with van der Waals surface area (Å²) < 4.78 is 1.31. The van der Waals surface area contributed by atoms with Crippen molar-refractivity contribution in [2.45, 2.75) is 31.8 Å². The molecule has 1 heterocycles. The largest absolute Gasteiger partial charge is 0.480 e. The zero-order valence-electron chi connectivity index (χ0n) is 11.9. The van der Waals surface area contributed by atoms with Gasteiger partial charge in [-0.25, -0.2) is 9.59 Å². The number of aromatic amines is 1. The number of carbonyl (C=O) groups is 2. The van der Waals surface area contributed by atoms with Crippen LogP contribution in [0.3, 0.4) is 0 Å². The number of aromatic nitrogens is 2. The smallest absolute Gasteiger partial charge is 0.326 e. The Bertz CT molecular complexity index is 772. The van der Waals surface area contributed by atoms with E-state index >= 15 is 0 Å². The number of amides is 1. The zero-order valence-corrected chi connectivity index (χ0v) is 11.9. The molecule has 0 spiro atoms. The Labute approximate surface area is 125 Å². The summed E-state index contributed by atoms with van der Waals surface area (Å²) in [6.45, 7) is -0.197. The molecule has 0 bridgehead atoms. The normalized spacial score (nSPS) is 15.6. The molecule has 1 aromatic carbocycles. The number of nitrogens with one attached hydrogen (secondary N) is 2. The van der Waals surface area contributed by atoms with Crippen molar-refractivity contribution in [2.24, 2.45) is 5.92 Å². The number of hydrogen-bond donors (Lipinski definition) is 3. The number of fused-ring (bicyclic) bond motifs is 1. The van der Waals surface area contributed by atoms with Crippen molar-refractivity contribution in [3.05, 3.63) is 34.7 Å². The number of carboxylic acids is 1. The third-order valence-electron chi connectivity index (χ3n) is 3.88. The third-order valence-corrected chi connectivity index (χ3v) is 3.88. The Morgan fingerprint density at radius 2 is 2.09 bits per heavy atom. The van der Waals surface area contributed by atoms with Crippen LogP contribution in [0.1, 0.15) is 19.3 Å². The van der Waals surface area contributed by atoms with Crippen LogP contribution in [0, 0.1) is 5.92 Å². The summed E-state index contributed by atoms with van der Waals surface area (Å²) in [5.41, 5.74) is 0.884. The fraction of sp³-hybridized carbons (Fsp3) is 0.400. The summed E-state index contributed by atoms with van der Waals surface area (Å²) >= 11 is 0. The monoisotopic (exact) mass is 303 g/mol. The van der Waals surface area contributed by atoms with Crippen molar-refractivity contribution in [1.29, 1.82) is 0 Å². The highest BCUT2D eigenvalue weighted by Crippen LogP contribution is 2.33.